The highest BCUT2D eigenvalue weighted by atomic mass is 16.4. The van der Waals surface area contributed by atoms with Crippen molar-refractivity contribution in [3.63, 3.8) is 0 Å². The number of nitrogens with zero attached hydrogens (tertiary/aromatic N) is 4. The number of fused-ring (bicyclic) bond motifs is 1. The van der Waals surface area contributed by atoms with Gasteiger partial charge in [0.05, 0.1) is 5.56 Å². The molecule has 0 aliphatic heterocycles. The molecule has 1 aromatic carbocycles. The highest BCUT2D eigenvalue weighted by Crippen LogP contribution is 2.20. The van der Waals surface area contributed by atoms with E-state index in [0.717, 1.165) is 0 Å². The maximum atomic E-state index is 10.9. The molecule has 3 aromatic rings. The lowest BCUT2D eigenvalue weighted by atomic mass is 10.2. The van der Waals surface area contributed by atoms with E-state index in [4.69, 9.17) is 14.8 Å². The summed E-state index contributed by atoms with van der Waals surface area (Å²) in [5.41, 5.74) is 0.964. The number of nitriles is 1. The first-order valence-corrected chi connectivity index (χ1v) is 5.27. The van der Waals surface area contributed by atoms with Gasteiger partial charge in [0, 0.05) is 12.4 Å². The SMILES string of the molecule is N#Cc1nccn1-c1nc2ccc(C(=O)O)cc2o1. The number of aromatic carboxylic acids is 1. The number of benzene rings is 1. The van der Waals surface area contributed by atoms with Crippen molar-refractivity contribution >= 4 is 17.1 Å². The standard InChI is InChI=1S/C12H6N4O3/c13-6-10-14-3-4-16(10)12-15-8-2-1-7(11(17)18)5-9(8)19-12/h1-5H,(H,17,18). The molecule has 92 valence electrons. The molecule has 0 radical (unpaired) electrons. The fourth-order valence-corrected chi connectivity index (χ4v) is 1.69. The van der Waals surface area contributed by atoms with Crippen LogP contribution in [0.1, 0.15) is 16.2 Å². The Morgan fingerprint density at radius 1 is 1.47 bits per heavy atom. The second-order valence-corrected chi connectivity index (χ2v) is 3.72. The van der Waals surface area contributed by atoms with Crippen LogP contribution in [0.25, 0.3) is 17.1 Å². The van der Waals surface area contributed by atoms with Gasteiger partial charge in [-0.15, -0.1) is 0 Å². The molecule has 0 aliphatic carbocycles. The maximum Gasteiger partial charge on any atom is 0.335 e. The average Bonchev–Trinajstić information content (AvgIpc) is 3.03. The largest absolute Gasteiger partial charge is 0.478 e. The van der Waals surface area contributed by atoms with E-state index < -0.39 is 5.97 Å². The van der Waals surface area contributed by atoms with Crippen LogP contribution < -0.4 is 0 Å². The van der Waals surface area contributed by atoms with Gasteiger partial charge < -0.3 is 9.52 Å². The summed E-state index contributed by atoms with van der Waals surface area (Å²) in [6.07, 6.45) is 3.00. The van der Waals surface area contributed by atoms with Gasteiger partial charge in [-0.25, -0.2) is 14.3 Å². The highest BCUT2D eigenvalue weighted by Gasteiger charge is 2.13. The van der Waals surface area contributed by atoms with Crippen molar-refractivity contribution in [2.24, 2.45) is 0 Å². The number of imidazole rings is 1. The van der Waals surface area contributed by atoms with Crippen LogP contribution in [0.4, 0.5) is 0 Å². The molecule has 2 aromatic heterocycles. The Kier molecular flexibility index (Phi) is 2.29. The van der Waals surface area contributed by atoms with Gasteiger partial charge in [0.2, 0.25) is 5.82 Å². The average molecular weight is 254 g/mol. The first-order valence-electron chi connectivity index (χ1n) is 5.27. The first-order chi connectivity index (χ1) is 9.19. The van der Waals surface area contributed by atoms with Gasteiger partial charge in [-0.3, -0.25) is 0 Å². The lowest BCUT2D eigenvalue weighted by Gasteiger charge is -1.94. The number of carboxylic acid groups (broad SMARTS) is 1. The van der Waals surface area contributed by atoms with Gasteiger partial charge in [-0.2, -0.15) is 10.2 Å². The van der Waals surface area contributed by atoms with Gasteiger partial charge in [0.1, 0.15) is 11.6 Å². The van der Waals surface area contributed by atoms with Crippen LogP contribution in [-0.2, 0) is 0 Å². The smallest absolute Gasteiger partial charge is 0.335 e. The number of hydrogen-bond donors (Lipinski definition) is 1. The molecule has 0 saturated heterocycles. The van der Waals surface area contributed by atoms with Crippen LogP contribution in [-0.4, -0.2) is 25.6 Å². The molecule has 0 atom stereocenters. The van der Waals surface area contributed by atoms with E-state index in [1.165, 1.54) is 22.9 Å². The number of carbonyl (C=O) groups is 1. The zero-order valence-corrected chi connectivity index (χ0v) is 9.44. The highest BCUT2D eigenvalue weighted by molar-refractivity contribution is 5.91. The summed E-state index contributed by atoms with van der Waals surface area (Å²) in [6, 6.07) is 6.46. The molecule has 1 N–H and O–H groups in total. The molecule has 0 unspecified atom stereocenters. The quantitative estimate of drug-likeness (QED) is 0.744. The van der Waals surface area contributed by atoms with Gasteiger partial charge in [0.25, 0.3) is 0 Å². The summed E-state index contributed by atoms with van der Waals surface area (Å²) < 4.78 is 6.83. The van der Waals surface area contributed by atoms with Crippen LogP contribution in [0.3, 0.4) is 0 Å². The number of carboxylic acids is 1. The minimum absolute atomic E-state index is 0.112. The zero-order chi connectivity index (χ0) is 13.4. The van der Waals surface area contributed by atoms with Crippen molar-refractivity contribution in [2.45, 2.75) is 0 Å². The Balaban J connectivity index is 2.17. The lowest BCUT2D eigenvalue weighted by molar-refractivity contribution is 0.0697. The molecule has 2 heterocycles. The molecule has 0 aliphatic rings. The molecular weight excluding hydrogens is 248 g/mol. The van der Waals surface area contributed by atoms with E-state index in [0.29, 0.717) is 11.1 Å². The maximum absolute atomic E-state index is 10.9. The van der Waals surface area contributed by atoms with Gasteiger partial charge in [-0.1, -0.05) is 0 Å². The monoisotopic (exact) mass is 254 g/mol. The molecule has 0 saturated carbocycles. The summed E-state index contributed by atoms with van der Waals surface area (Å²) in [6.45, 7) is 0. The molecule has 19 heavy (non-hydrogen) atoms. The van der Waals surface area contributed by atoms with E-state index in [1.54, 1.807) is 12.3 Å². The summed E-state index contributed by atoms with van der Waals surface area (Å²) in [4.78, 5) is 18.9. The molecule has 7 heteroatoms. The summed E-state index contributed by atoms with van der Waals surface area (Å²) in [5, 5.41) is 17.8. The molecule has 0 amide bonds. The Hall–Kier alpha value is -3.14. The third-order valence-corrected chi connectivity index (χ3v) is 2.57. The van der Waals surface area contributed by atoms with Crippen LogP contribution in [0, 0.1) is 11.3 Å². The summed E-state index contributed by atoms with van der Waals surface area (Å²) in [7, 11) is 0. The number of rotatable bonds is 2. The van der Waals surface area contributed by atoms with Gasteiger partial charge >= 0.3 is 12.0 Å². The molecule has 7 nitrogen and oxygen atoms in total. The Morgan fingerprint density at radius 3 is 3.05 bits per heavy atom. The Bertz CT molecular complexity index is 825. The Labute approximate surface area is 106 Å². The van der Waals surface area contributed by atoms with Crippen molar-refractivity contribution in [1.82, 2.24) is 14.5 Å². The van der Waals surface area contributed by atoms with Crippen molar-refractivity contribution in [2.75, 3.05) is 0 Å². The first kappa shape index (κ1) is 11.0. The second-order valence-electron chi connectivity index (χ2n) is 3.72. The van der Waals surface area contributed by atoms with E-state index in [2.05, 4.69) is 9.97 Å². The summed E-state index contributed by atoms with van der Waals surface area (Å²) in [5.74, 6) is -0.898. The fraction of sp³-hybridized carbons (Fsp3) is 0. The van der Waals surface area contributed by atoms with Crippen LogP contribution in [0.15, 0.2) is 35.0 Å². The van der Waals surface area contributed by atoms with Crippen LogP contribution in [0.5, 0.6) is 0 Å². The second kappa shape index (κ2) is 3.96. The zero-order valence-electron chi connectivity index (χ0n) is 9.44. The summed E-state index contributed by atoms with van der Waals surface area (Å²) >= 11 is 0. The lowest BCUT2D eigenvalue weighted by Crippen LogP contribution is -1.95. The van der Waals surface area contributed by atoms with Gasteiger partial charge in [0.15, 0.2) is 5.58 Å². The van der Waals surface area contributed by atoms with Gasteiger partial charge in [-0.05, 0) is 18.2 Å². The van der Waals surface area contributed by atoms with E-state index >= 15 is 0 Å². The van der Waals surface area contributed by atoms with Crippen molar-refractivity contribution in [3.8, 4) is 12.1 Å². The van der Waals surface area contributed by atoms with Crippen LogP contribution in [0.2, 0.25) is 0 Å². The normalized spacial score (nSPS) is 10.5. The molecule has 0 fully saturated rings. The van der Waals surface area contributed by atoms with E-state index in [-0.39, 0.29) is 17.4 Å². The topological polar surface area (TPSA) is 105 Å². The van der Waals surface area contributed by atoms with E-state index in [1.807, 2.05) is 6.07 Å². The molecule has 0 bridgehead atoms. The minimum atomic E-state index is -1.04. The molecule has 3 rings (SSSR count). The number of aromatic nitrogens is 3. The third kappa shape index (κ3) is 1.71. The predicted octanol–water partition coefficient (Wildman–Crippen LogP) is 1.58. The third-order valence-electron chi connectivity index (χ3n) is 2.57. The van der Waals surface area contributed by atoms with Crippen molar-refractivity contribution in [3.05, 3.63) is 42.0 Å². The van der Waals surface area contributed by atoms with Crippen molar-refractivity contribution < 1.29 is 14.3 Å². The fourth-order valence-electron chi connectivity index (χ4n) is 1.69. The molecular formula is C12H6N4O3. The van der Waals surface area contributed by atoms with E-state index in [9.17, 15) is 4.79 Å². The van der Waals surface area contributed by atoms with Crippen molar-refractivity contribution in [1.29, 1.82) is 5.26 Å². The Morgan fingerprint density at radius 2 is 2.32 bits per heavy atom. The predicted molar refractivity (Wildman–Crippen MR) is 62.8 cm³/mol. The minimum Gasteiger partial charge on any atom is -0.478 e. The molecule has 0 spiro atoms. The number of oxazole rings is 1. The van der Waals surface area contributed by atoms with Crippen LogP contribution >= 0.6 is 0 Å². The number of hydrogen-bond acceptors (Lipinski definition) is 5.